The molecule has 0 unspecified atom stereocenters. The topological polar surface area (TPSA) is 22.1 Å². The van der Waals surface area contributed by atoms with E-state index in [1.165, 1.54) is 6.07 Å². The van der Waals surface area contributed by atoms with E-state index in [9.17, 15) is 8.78 Å². The summed E-state index contributed by atoms with van der Waals surface area (Å²) in [7, 11) is 0. The second-order valence-corrected chi connectivity index (χ2v) is 1.92. The minimum absolute atomic E-state index is 0.0880. The predicted octanol–water partition coefficient (Wildman–Crippen LogP) is 1.54. The van der Waals surface area contributed by atoms with Gasteiger partial charge in [0.05, 0.1) is 0 Å². The predicted molar refractivity (Wildman–Crippen MR) is 27.6 cm³/mol. The van der Waals surface area contributed by atoms with E-state index in [1.807, 2.05) is 0 Å². The summed E-state index contributed by atoms with van der Waals surface area (Å²) in [6.45, 7) is -2.76. The fourth-order valence-corrected chi connectivity index (χ4v) is 0.737. The molecule has 0 spiro atoms. The molecule has 5 heteroatoms. The molecule has 0 amide bonds. The van der Waals surface area contributed by atoms with Crippen LogP contribution >= 0.6 is 11.5 Å². The molecule has 1 heterocycles. The Balaban J connectivity index is 2.48. The standard InChI is InChI=1S/C4H2F2NOS/c5-4(6)8-3-1-2-7-9-3/h1,4H. The summed E-state index contributed by atoms with van der Waals surface area (Å²) in [5.74, 6) is 0. The van der Waals surface area contributed by atoms with Gasteiger partial charge in [-0.1, -0.05) is 0 Å². The number of aromatic nitrogens is 1. The van der Waals surface area contributed by atoms with Gasteiger partial charge < -0.3 is 4.74 Å². The molecule has 9 heavy (non-hydrogen) atoms. The summed E-state index contributed by atoms with van der Waals surface area (Å²) >= 11 is 0.843. The molecule has 1 aromatic rings. The van der Waals surface area contributed by atoms with E-state index in [2.05, 4.69) is 15.3 Å². The van der Waals surface area contributed by atoms with Crippen LogP contribution in [0.2, 0.25) is 0 Å². The van der Waals surface area contributed by atoms with Crippen molar-refractivity contribution in [2.75, 3.05) is 0 Å². The van der Waals surface area contributed by atoms with Gasteiger partial charge in [0.2, 0.25) is 0 Å². The lowest BCUT2D eigenvalue weighted by Crippen LogP contribution is -1.99. The molecule has 0 aliphatic heterocycles. The van der Waals surface area contributed by atoms with Gasteiger partial charge in [0.1, 0.15) is 6.20 Å². The zero-order valence-corrected chi connectivity index (χ0v) is 4.99. The molecule has 0 aromatic carbocycles. The van der Waals surface area contributed by atoms with E-state index in [4.69, 9.17) is 0 Å². The highest BCUT2D eigenvalue weighted by atomic mass is 32.1. The van der Waals surface area contributed by atoms with Gasteiger partial charge in [-0.25, -0.2) is 0 Å². The lowest BCUT2D eigenvalue weighted by Gasteiger charge is -1.96. The minimum Gasteiger partial charge on any atom is -0.423 e. The third kappa shape index (κ3) is 1.93. The third-order valence-corrected chi connectivity index (χ3v) is 1.17. The zero-order chi connectivity index (χ0) is 6.69. The minimum atomic E-state index is -2.76. The van der Waals surface area contributed by atoms with Crippen molar-refractivity contribution < 1.29 is 13.5 Å². The molecule has 1 aromatic heterocycles. The Kier molecular flexibility index (Phi) is 1.94. The molecule has 0 N–H and O–H groups in total. The van der Waals surface area contributed by atoms with Crippen LogP contribution in [0.15, 0.2) is 6.07 Å². The fraction of sp³-hybridized carbons (Fsp3) is 0.250. The number of nitrogens with zero attached hydrogens (tertiary/aromatic N) is 1. The summed E-state index contributed by atoms with van der Waals surface area (Å²) in [6.07, 6.45) is 2.35. The quantitative estimate of drug-likeness (QED) is 0.638. The van der Waals surface area contributed by atoms with Crippen LogP contribution in [0.25, 0.3) is 0 Å². The van der Waals surface area contributed by atoms with E-state index >= 15 is 0 Å². The first kappa shape index (κ1) is 6.41. The molecular weight excluding hydrogens is 148 g/mol. The van der Waals surface area contributed by atoms with Crippen molar-refractivity contribution in [3.05, 3.63) is 12.3 Å². The highest BCUT2D eigenvalue weighted by Crippen LogP contribution is 2.16. The number of halogens is 2. The van der Waals surface area contributed by atoms with Gasteiger partial charge in [0.25, 0.3) is 0 Å². The molecule has 0 saturated heterocycles. The van der Waals surface area contributed by atoms with Crippen molar-refractivity contribution in [2.24, 2.45) is 0 Å². The number of alkyl halides is 2. The maximum absolute atomic E-state index is 11.3. The van der Waals surface area contributed by atoms with Gasteiger partial charge >= 0.3 is 6.61 Å². The monoisotopic (exact) mass is 150 g/mol. The maximum Gasteiger partial charge on any atom is 0.388 e. The van der Waals surface area contributed by atoms with Crippen molar-refractivity contribution in [2.45, 2.75) is 6.61 Å². The summed E-state index contributed by atoms with van der Waals surface area (Å²) < 4.78 is 30.1. The summed E-state index contributed by atoms with van der Waals surface area (Å²) in [4.78, 5) is 0. The number of ether oxygens (including phenoxy) is 1. The van der Waals surface area contributed by atoms with Crippen LogP contribution < -0.4 is 4.74 Å². The Morgan fingerprint density at radius 3 is 3.00 bits per heavy atom. The van der Waals surface area contributed by atoms with Crippen molar-refractivity contribution >= 4 is 11.5 Å². The second kappa shape index (κ2) is 2.72. The van der Waals surface area contributed by atoms with Crippen molar-refractivity contribution in [3.8, 4) is 5.06 Å². The SMILES string of the molecule is FC(F)Oc1c[c]ns1. The van der Waals surface area contributed by atoms with E-state index < -0.39 is 6.61 Å². The van der Waals surface area contributed by atoms with Crippen LogP contribution in [-0.2, 0) is 0 Å². The Morgan fingerprint density at radius 1 is 1.78 bits per heavy atom. The molecule has 0 bridgehead atoms. The Bertz CT molecular complexity index is 165. The molecule has 0 atom stereocenters. The number of hydrogen-bond donors (Lipinski definition) is 0. The second-order valence-electron chi connectivity index (χ2n) is 1.15. The third-order valence-electron chi connectivity index (χ3n) is 0.576. The summed E-state index contributed by atoms with van der Waals surface area (Å²) in [6, 6.07) is 1.26. The average molecular weight is 150 g/mol. The molecule has 2 nitrogen and oxygen atoms in total. The van der Waals surface area contributed by atoms with Crippen LogP contribution in [0.4, 0.5) is 8.78 Å². The first-order valence-electron chi connectivity index (χ1n) is 2.06. The number of hydrogen-bond acceptors (Lipinski definition) is 3. The van der Waals surface area contributed by atoms with Crippen LogP contribution in [0.3, 0.4) is 0 Å². The largest absolute Gasteiger partial charge is 0.423 e. The van der Waals surface area contributed by atoms with Crippen LogP contribution in [0.5, 0.6) is 5.06 Å². The fourth-order valence-electron chi connectivity index (χ4n) is 0.320. The van der Waals surface area contributed by atoms with E-state index in [0.717, 1.165) is 11.5 Å². The smallest absolute Gasteiger partial charge is 0.388 e. The number of rotatable bonds is 2. The van der Waals surface area contributed by atoms with E-state index in [1.54, 1.807) is 0 Å². The lowest BCUT2D eigenvalue weighted by molar-refractivity contribution is -0.0472. The van der Waals surface area contributed by atoms with Crippen molar-refractivity contribution in [1.29, 1.82) is 0 Å². The molecule has 0 fully saturated rings. The van der Waals surface area contributed by atoms with Gasteiger partial charge in [-0.3, -0.25) is 0 Å². The first-order chi connectivity index (χ1) is 4.29. The molecule has 0 saturated carbocycles. The highest BCUT2D eigenvalue weighted by molar-refractivity contribution is 7.07. The molecule has 1 rings (SSSR count). The molecule has 49 valence electrons. The van der Waals surface area contributed by atoms with Crippen LogP contribution in [-0.4, -0.2) is 11.0 Å². The van der Waals surface area contributed by atoms with Gasteiger partial charge in [-0.05, 0) is 0 Å². The van der Waals surface area contributed by atoms with Gasteiger partial charge in [0, 0.05) is 17.6 Å². The van der Waals surface area contributed by atoms with E-state index in [-0.39, 0.29) is 5.06 Å². The molecule has 1 radical (unpaired) electrons. The maximum atomic E-state index is 11.3. The highest BCUT2D eigenvalue weighted by Gasteiger charge is 2.03. The van der Waals surface area contributed by atoms with Crippen molar-refractivity contribution in [3.63, 3.8) is 0 Å². The Hall–Kier alpha value is -0.710. The average Bonchev–Trinajstić information content (AvgIpc) is 2.15. The van der Waals surface area contributed by atoms with Gasteiger partial charge in [-0.2, -0.15) is 13.2 Å². The zero-order valence-electron chi connectivity index (χ0n) is 4.17. The summed E-state index contributed by atoms with van der Waals surface area (Å²) in [5.41, 5.74) is 0. The van der Waals surface area contributed by atoms with Gasteiger partial charge in [0.15, 0.2) is 5.06 Å². The molecule has 0 aliphatic rings. The van der Waals surface area contributed by atoms with Crippen molar-refractivity contribution in [1.82, 2.24) is 4.37 Å². The van der Waals surface area contributed by atoms with Crippen LogP contribution in [0.1, 0.15) is 0 Å². The lowest BCUT2D eigenvalue weighted by atomic mass is 10.7. The molecular formula is C4H2F2NOS. The Morgan fingerprint density at radius 2 is 2.56 bits per heavy atom. The normalized spacial score (nSPS) is 10.1. The van der Waals surface area contributed by atoms with E-state index in [0.29, 0.717) is 0 Å². The Labute approximate surface area is 54.2 Å². The van der Waals surface area contributed by atoms with Gasteiger partial charge in [-0.15, -0.1) is 0 Å². The first-order valence-corrected chi connectivity index (χ1v) is 2.84. The summed E-state index contributed by atoms with van der Waals surface area (Å²) in [5, 5.41) is 0.0880. The molecule has 0 aliphatic carbocycles. The van der Waals surface area contributed by atoms with Crippen LogP contribution in [0, 0.1) is 6.20 Å².